The van der Waals surface area contributed by atoms with Crippen LogP contribution in [0.15, 0.2) is 66.7 Å². The minimum absolute atomic E-state index is 0.219. The van der Waals surface area contributed by atoms with E-state index in [1.54, 1.807) is 48.5 Å². The largest absolute Gasteiger partial charge is 0.390 e. The van der Waals surface area contributed by atoms with Crippen LogP contribution in [0, 0.1) is 0 Å². The van der Waals surface area contributed by atoms with E-state index in [1.165, 1.54) is 0 Å². The second-order valence-corrected chi connectivity index (χ2v) is 5.42. The van der Waals surface area contributed by atoms with E-state index in [1.807, 2.05) is 18.2 Å². The number of pyridine rings is 2. The number of benzene rings is 1. The molecular weight excluding hydrogens is 304 g/mol. The molecule has 3 N–H and O–H groups in total. The fraction of sp³-hybridized carbons (Fsp3) is 0.158. The van der Waals surface area contributed by atoms with Gasteiger partial charge in [-0.05, 0) is 29.8 Å². The molecule has 0 fully saturated rings. The molecule has 0 amide bonds. The van der Waals surface area contributed by atoms with E-state index in [4.69, 9.17) is 0 Å². The van der Waals surface area contributed by atoms with E-state index in [2.05, 4.69) is 9.97 Å². The number of hydrogen-bond acceptors (Lipinski definition) is 5. The molecule has 0 saturated heterocycles. The molecule has 0 unspecified atom stereocenters. The van der Waals surface area contributed by atoms with Crippen LogP contribution in [0.3, 0.4) is 0 Å². The first-order valence-electron chi connectivity index (χ1n) is 7.61. The normalized spacial score (nSPS) is 11.5. The summed E-state index contributed by atoms with van der Waals surface area (Å²) in [7, 11) is 0. The van der Waals surface area contributed by atoms with Crippen LogP contribution in [-0.4, -0.2) is 25.3 Å². The van der Waals surface area contributed by atoms with Gasteiger partial charge in [0.15, 0.2) is 5.60 Å². The number of rotatable bonds is 5. The monoisotopic (exact) mass is 322 g/mol. The minimum atomic E-state index is -1.59. The average Bonchev–Trinajstić information content (AvgIpc) is 2.68. The molecule has 3 aromatic rings. The molecule has 0 aliphatic rings. The van der Waals surface area contributed by atoms with Crippen molar-refractivity contribution in [2.24, 2.45) is 0 Å². The van der Waals surface area contributed by atoms with Crippen molar-refractivity contribution in [2.45, 2.75) is 18.8 Å². The molecule has 0 atom stereocenters. The molecular formula is C19H18N2O3. The Hall–Kier alpha value is -2.60. The molecule has 122 valence electrons. The number of nitrogens with zero attached hydrogens (tertiary/aromatic N) is 2. The van der Waals surface area contributed by atoms with Gasteiger partial charge in [-0.15, -0.1) is 0 Å². The van der Waals surface area contributed by atoms with Gasteiger partial charge in [0.1, 0.15) is 0 Å². The number of aliphatic hydroxyl groups is 3. The van der Waals surface area contributed by atoms with E-state index in [0.717, 1.165) is 0 Å². The van der Waals surface area contributed by atoms with Crippen molar-refractivity contribution in [3.63, 3.8) is 0 Å². The van der Waals surface area contributed by atoms with Crippen LogP contribution in [0.4, 0.5) is 0 Å². The van der Waals surface area contributed by atoms with Crippen molar-refractivity contribution >= 4 is 0 Å². The Bertz CT molecular complexity index is 774. The van der Waals surface area contributed by atoms with Crippen LogP contribution >= 0.6 is 0 Å². The molecule has 0 saturated carbocycles. The highest BCUT2D eigenvalue weighted by Crippen LogP contribution is 2.34. The van der Waals surface area contributed by atoms with Crippen molar-refractivity contribution in [1.82, 2.24) is 9.97 Å². The maximum Gasteiger partial charge on any atom is 0.174 e. The van der Waals surface area contributed by atoms with Crippen LogP contribution in [0.25, 0.3) is 0 Å². The Balaban J connectivity index is 2.24. The lowest BCUT2D eigenvalue weighted by molar-refractivity contribution is 0.114. The van der Waals surface area contributed by atoms with E-state index in [-0.39, 0.29) is 13.2 Å². The van der Waals surface area contributed by atoms with E-state index >= 15 is 0 Å². The third kappa shape index (κ3) is 2.92. The topological polar surface area (TPSA) is 86.5 Å². The zero-order valence-electron chi connectivity index (χ0n) is 13.0. The summed E-state index contributed by atoms with van der Waals surface area (Å²) in [6.07, 6.45) is 0. The predicted octanol–water partition coefficient (Wildman–Crippen LogP) is 1.75. The fourth-order valence-corrected chi connectivity index (χ4v) is 2.64. The van der Waals surface area contributed by atoms with Gasteiger partial charge >= 0.3 is 0 Å². The third-order valence-electron chi connectivity index (χ3n) is 3.87. The van der Waals surface area contributed by atoms with Gasteiger partial charge in [-0.25, -0.2) is 0 Å². The molecule has 0 aliphatic heterocycles. The lowest BCUT2D eigenvalue weighted by atomic mass is 9.86. The second-order valence-electron chi connectivity index (χ2n) is 5.42. The van der Waals surface area contributed by atoms with Gasteiger partial charge in [-0.1, -0.05) is 42.5 Å². The van der Waals surface area contributed by atoms with Gasteiger partial charge in [-0.3, -0.25) is 9.97 Å². The molecule has 5 heteroatoms. The minimum Gasteiger partial charge on any atom is -0.390 e. The quantitative estimate of drug-likeness (QED) is 0.666. The highest BCUT2D eigenvalue weighted by molar-refractivity contribution is 5.42. The summed E-state index contributed by atoms with van der Waals surface area (Å²) in [6.45, 7) is -0.439. The highest BCUT2D eigenvalue weighted by atomic mass is 16.3. The zero-order chi connectivity index (χ0) is 17.0. The van der Waals surface area contributed by atoms with Gasteiger partial charge in [-0.2, -0.15) is 0 Å². The first-order valence-corrected chi connectivity index (χ1v) is 7.61. The van der Waals surface area contributed by atoms with Gasteiger partial charge in [0.2, 0.25) is 0 Å². The molecule has 2 aromatic heterocycles. The summed E-state index contributed by atoms with van der Waals surface area (Å²) >= 11 is 0. The number of aliphatic hydroxyl groups excluding tert-OH is 2. The number of aromatic nitrogens is 2. The predicted molar refractivity (Wildman–Crippen MR) is 88.9 cm³/mol. The molecule has 24 heavy (non-hydrogen) atoms. The molecule has 3 rings (SSSR count). The Morgan fingerprint density at radius 2 is 1.17 bits per heavy atom. The first-order chi connectivity index (χ1) is 11.7. The SMILES string of the molecule is OCc1cccc(C(O)(c2ccccc2)c2cccc(CO)n2)n1. The van der Waals surface area contributed by atoms with Crippen molar-refractivity contribution in [1.29, 1.82) is 0 Å². The van der Waals surface area contributed by atoms with Crippen molar-refractivity contribution < 1.29 is 15.3 Å². The first kappa shape index (κ1) is 16.3. The lowest BCUT2D eigenvalue weighted by Crippen LogP contribution is -2.31. The van der Waals surface area contributed by atoms with E-state index in [9.17, 15) is 15.3 Å². The molecule has 5 nitrogen and oxygen atoms in total. The molecule has 0 aliphatic carbocycles. The Morgan fingerprint density at radius 3 is 1.62 bits per heavy atom. The average molecular weight is 322 g/mol. The third-order valence-corrected chi connectivity index (χ3v) is 3.87. The maximum atomic E-state index is 11.6. The highest BCUT2D eigenvalue weighted by Gasteiger charge is 2.37. The van der Waals surface area contributed by atoms with Gasteiger partial charge < -0.3 is 15.3 Å². The lowest BCUT2D eigenvalue weighted by Gasteiger charge is -2.28. The smallest absolute Gasteiger partial charge is 0.174 e. The molecule has 0 bridgehead atoms. The summed E-state index contributed by atoms with van der Waals surface area (Å²) in [4.78, 5) is 8.74. The summed E-state index contributed by atoms with van der Waals surface area (Å²) < 4.78 is 0. The van der Waals surface area contributed by atoms with Gasteiger partial charge in [0.25, 0.3) is 0 Å². The van der Waals surface area contributed by atoms with E-state index < -0.39 is 5.60 Å². The molecule has 2 heterocycles. The van der Waals surface area contributed by atoms with Gasteiger partial charge in [0, 0.05) is 0 Å². The van der Waals surface area contributed by atoms with Crippen LogP contribution < -0.4 is 0 Å². The summed E-state index contributed by atoms with van der Waals surface area (Å²) in [5, 5.41) is 30.3. The Kier molecular flexibility index (Phi) is 4.66. The summed E-state index contributed by atoms with van der Waals surface area (Å²) in [5.74, 6) is 0. The van der Waals surface area contributed by atoms with Crippen LogP contribution in [0.2, 0.25) is 0 Å². The van der Waals surface area contributed by atoms with Gasteiger partial charge in [0.05, 0.1) is 36.0 Å². The standard InChI is InChI=1S/C19H18N2O3/c22-12-15-8-4-10-17(20-15)19(24,14-6-2-1-3-7-14)18-11-5-9-16(13-23)21-18/h1-11,22-24H,12-13H2. The van der Waals surface area contributed by atoms with Crippen molar-refractivity contribution in [2.75, 3.05) is 0 Å². The van der Waals surface area contributed by atoms with Crippen LogP contribution in [0.5, 0.6) is 0 Å². The van der Waals surface area contributed by atoms with E-state index in [0.29, 0.717) is 28.3 Å². The summed E-state index contributed by atoms with van der Waals surface area (Å²) in [6, 6.07) is 19.3. The second kappa shape index (κ2) is 6.88. The van der Waals surface area contributed by atoms with Crippen molar-refractivity contribution in [3.05, 3.63) is 95.1 Å². The Morgan fingerprint density at radius 1 is 0.667 bits per heavy atom. The molecule has 0 radical (unpaired) electrons. The maximum absolute atomic E-state index is 11.6. The van der Waals surface area contributed by atoms with Crippen molar-refractivity contribution in [3.8, 4) is 0 Å². The Labute approximate surface area is 139 Å². The zero-order valence-corrected chi connectivity index (χ0v) is 13.0. The molecule has 0 spiro atoms. The fourth-order valence-electron chi connectivity index (χ4n) is 2.64. The van der Waals surface area contributed by atoms with Crippen LogP contribution in [-0.2, 0) is 18.8 Å². The number of hydrogen-bond donors (Lipinski definition) is 3. The van der Waals surface area contributed by atoms with Crippen LogP contribution in [0.1, 0.15) is 28.3 Å². The summed E-state index contributed by atoms with van der Waals surface area (Å²) in [5.41, 5.74) is 0.665. The molecule has 1 aromatic carbocycles.